The molecule has 0 aliphatic heterocycles. The molecule has 0 atom stereocenters. The fourth-order valence-electron chi connectivity index (χ4n) is 2.39. The number of carboxylic acid groups (broad SMARTS) is 1. The third-order valence-electron chi connectivity index (χ3n) is 3.84. The van der Waals surface area contributed by atoms with Gasteiger partial charge in [0.25, 0.3) is 11.8 Å². The number of carbonyl (C=O) groups excluding carboxylic acids is 2. The maximum Gasteiger partial charge on any atom is 0.303 e. The first-order valence-electron chi connectivity index (χ1n) is 9.14. The summed E-state index contributed by atoms with van der Waals surface area (Å²) in [6.45, 7) is 2.86. The highest BCUT2D eigenvalue weighted by Gasteiger charge is 2.10. The van der Waals surface area contributed by atoms with Crippen LogP contribution in [0.2, 0.25) is 0 Å². The molecule has 7 heteroatoms. The number of hydrogen-bond acceptors (Lipinski definition) is 4. The Hall–Kier alpha value is -3.35. The highest BCUT2D eigenvalue weighted by atomic mass is 16.5. The van der Waals surface area contributed by atoms with Crippen molar-refractivity contribution in [3.8, 4) is 5.75 Å². The lowest BCUT2D eigenvalue weighted by Crippen LogP contribution is -2.24. The molecule has 3 N–H and O–H groups in total. The van der Waals surface area contributed by atoms with Crippen LogP contribution in [-0.2, 0) is 4.79 Å². The van der Waals surface area contributed by atoms with E-state index in [0.29, 0.717) is 42.1 Å². The summed E-state index contributed by atoms with van der Waals surface area (Å²) in [4.78, 5) is 34.9. The van der Waals surface area contributed by atoms with Crippen LogP contribution in [0, 0.1) is 0 Å². The van der Waals surface area contributed by atoms with Gasteiger partial charge in [-0.15, -0.1) is 0 Å². The molecule has 0 aromatic heterocycles. The summed E-state index contributed by atoms with van der Waals surface area (Å²) in [6, 6.07) is 13.3. The number of carbonyl (C=O) groups is 3. The predicted octanol–water partition coefficient (Wildman–Crippen LogP) is 3.32. The lowest BCUT2D eigenvalue weighted by Gasteiger charge is -2.09. The maximum atomic E-state index is 12.4. The molecule has 0 bridgehead atoms. The number of rotatable bonds is 10. The van der Waals surface area contributed by atoms with Crippen LogP contribution in [0.25, 0.3) is 0 Å². The van der Waals surface area contributed by atoms with Crippen molar-refractivity contribution in [2.75, 3.05) is 18.5 Å². The van der Waals surface area contributed by atoms with E-state index < -0.39 is 5.97 Å². The average molecular weight is 384 g/mol. The van der Waals surface area contributed by atoms with Crippen LogP contribution in [0.3, 0.4) is 0 Å². The molecule has 0 radical (unpaired) electrons. The number of anilines is 1. The fourth-order valence-corrected chi connectivity index (χ4v) is 2.39. The van der Waals surface area contributed by atoms with Crippen molar-refractivity contribution in [2.24, 2.45) is 0 Å². The van der Waals surface area contributed by atoms with E-state index in [1.165, 1.54) is 0 Å². The third kappa shape index (κ3) is 6.75. The highest BCUT2D eigenvalue weighted by molar-refractivity contribution is 6.06. The molecule has 148 valence electrons. The number of aliphatic carboxylic acids is 1. The molecule has 0 spiro atoms. The first-order valence-corrected chi connectivity index (χ1v) is 9.14. The van der Waals surface area contributed by atoms with Crippen LogP contribution in [0.15, 0.2) is 48.5 Å². The van der Waals surface area contributed by atoms with Crippen molar-refractivity contribution in [3.63, 3.8) is 0 Å². The molecule has 0 heterocycles. The van der Waals surface area contributed by atoms with E-state index in [2.05, 4.69) is 10.6 Å². The highest BCUT2D eigenvalue weighted by Crippen LogP contribution is 2.17. The first-order chi connectivity index (χ1) is 13.5. The summed E-state index contributed by atoms with van der Waals surface area (Å²) in [5, 5.41) is 14.1. The minimum Gasteiger partial charge on any atom is -0.494 e. The third-order valence-corrected chi connectivity index (χ3v) is 3.84. The Morgan fingerprint density at radius 3 is 2.32 bits per heavy atom. The Labute approximate surface area is 163 Å². The van der Waals surface area contributed by atoms with Crippen molar-refractivity contribution in [1.29, 1.82) is 0 Å². The van der Waals surface area contributed by atoms with E-state index in [-0.39, 0.29) is 18.2 Å². The van der Waals surface area contributed by atoms with Gasteiger partial charge in [0, 0.05) is 29.8 Å². The molecule has 0 saturated heterocycles. The predicted molar refractivity (Wildman–Crippen MR) is 106 cm³/mol. The van der Waals surface area contributed by atoms with E-state index in [4.69, 9.17) is 9.84 Å². The van der Waals surface area contributed by atoms with E-state index in [9.17, 15) is 14.4 Å². The maximum absolute atomic E-state index is 12.4. The van der Waals surface area contributed by atoms with Crippen LogP contribution in [0.5, 0.6) is 5.75 Å². The van der Waals surface area contributed by atoms with Crippen molar-refractivity contribution in [3.05, 3.63) is 59.7 Å². The summed E-state index contributed by atoms with van der Waals surface area (Å²) >= 11 is 0. The topological polar surface area (TPSA) is 105 Å². The second-order valence-electron chi connectivity index (χ2n) is 6.16. The normalized spacial score (nSPS) is 10.2. The minimum absolute atomic E-state index is 0.0592. The smallest absolute Gasteiger partial charge is 0.303 e. The van der Waals surface area contributed by atoms with Crippen LogP contribution in [-0.4, -0.2) is 36.0 Å². The van der Waals surface area contributed by atoms with Crippen molar-refractivity contribution >= 4 is 23.5 Å². The van der Waals surface area contributed by atoms with Crippen LogP contribution in [0.4, 0.5) is 5.69 Å². The van der Waals surface area contributed by atoms with Gasteiger partial charge in [0.1, 0.15) is 5.75 Å². The number of amides is 2. The van der Waals surface area contributed by atoms with E-state index in [0.717, 1.165) is 6.42 Å². The SMILES string of the molecule is CCCNC(=O)c1cccc(C(=O)Nc2ccc(OCCCC(=O)O)cc2)c1. The van der Waals surface area contributed by atoms with Gasteiger partial charge >= 0.3 is 5.97 Å². The summed E-state index contributed by atoms with van der Waals surface area (Å²) in [5.74, 6) is -0.785. The Bertz CT molecular complexity index is 818. The number of carboxylic acids is 1. The van der Waals surface area contributed by atoms with Crippen molar-refractivity contribution < 1.29 is 24.2 Å². The van der Waals surface area contributed by atoms with Gasteiger partial charge in [-0.25, -0.2) is 0 Å². The molecule has 0 saturated carbocycles. The van der Waals surface area contributed by atoms with Crippen LogP contribution >= 0.6 is 0 Å². The van der Waals surface area contributed by atoms with Gasteiger partial charge in [0.05, 0.1) is 6.61 Å². The van der Waals surface area contributed by atoms with E-state index >= 15 is 0 Å². The second kappa shape index (κ2) is 10.7. The van der Waals surface area contributed by atoms with Gasteiger partial charge in [0.2, 0.25) is 0 Å². The summed E-state index contributed by atoms with van der Waals surface area (Å²) in [7, 11) is 0. The van der Waals surface area contributed by atoms with Gasteiger partial charge in [-0.3, -0.25) is 14.4 Å². The number of nitrogens with one attached hydrogen (secondary N) is 2. The molecular weight excluding hydrogens is 360 g/mol. The van der Waals surface area contributed by atoms with Gasteiger partial charge in [-0.2, -0.15) is 0 Å². The summed E-state index contributed by atoms with van der Waals surface area (Å²) in [5.41, 5.74) is 1.41. The molecule has 0 aliphatic carbocycles. The van der Waals surface area contributed by atoms with Crippen LogP contribution in [0.1, 0.15) is 46.9 Å². The molecule has 7 nitrogen and oxygen atoms in total. The molecule has 0 fully saturated rings. The standard InChI is InChI=1S/C21H24N2O5/c1-2-12-22-20(26)15-5-3-6-16(14-15)21(27)23-17-8-10-18(11-9-17)28-13-4-7-19(24)25/h3,5-6,8-11,14H,2,4,7,12-13H2,1H3,(H,22,26)(H,23,27)(H,24,25). The number of ether oxygens (including phenoxy) is 1. The zero-order valence-electron chi connectivity index (χ0n) is 15.7. The molecule has 0 unspecified atom stereocenters. The molecule has 2 aromatic carbocycles. The van der Waals surface area contributed by atoms with E-state index in [1.54, 1.807) is 48.5 Å². The number of benzene rings is 2. The van der Waals surface area contributed by atoms with Gasteiger partial charge < -0.3 is 20.5 Å². The summed E-state index contributed by atoms with van der Waals surface area (Å²) < 4.78 is 5.45. The monoisotopic (exact) mass is 384 g/mol. The Kier molecular flexibility index (Phi) is 8.02. The average Bonchev–Trinajstić information content (AvgIpc) is 2.70. The first kappa shape index (κ1) is 21.0. The Morgan fingerprint density at radius 2 is 1.68 bits per heavy atom. The molecule has 2 aromatic rings. The number of hydrogen-bond donors (Lipinski definition) is 3. The van der Waals surface area contributed by atoms with Crippen LogP contribution < -0.4 is 15.4 Å². The van der Waals surface area contributed by atoms with Gasteiger partial charge in [-0.1, -0.05) is 13.0 Å². The van der Waals surface area contributed by atoms with Crippen molar-refractivity contribution in [2.45, 2.75) is 26.2 Å². The molecule has 0 aliphatic rings. The molecule has 2 rings (SSSR count). The minimum atomic E-state index is -0.853. The van der Waals surface area contributed by atoms with Crippen molar-refractivity contribution in [1.82, 2.24) is 5.32 Å². The summed E-state index contributed by atoms with van der Waals surface area (Å²) in [6.07, 6.45) is 1.32. The van der Waals surface area contributed by atoms with E-state index in [1.807, 2.05) is 6.92 Å². The Balaban J connectivity index is 1.92. The zero-order chi connectivity index (χ0) is 20.4. The molecule has 28 heavy (non-hydrogen) atoms. The second-order valence-corrected chi connectivity index (χ2v) is 6.16. The lowest BCUT2D eigenvalue weighted by molar-refractivity contribution is -0.137. The quantitative estimate of drug-likeness (QED) is 0.545. The van der Waals surface area contributed by atoms with Gasteiger partial charge in [0.15, 0.2) is 0 Å². The zero-order valence-corrected chi connectivity index (χ0v) is 15.7. The largest absolute Gasteiger partial charge is 0.494 e. The molecular formula is C21H24N2O5. The fraction of sp³-hybridized carbons (Fsp3) is 0.286. The van der Waals surface area contributed by atoms with Gasteiger partial charge in [-0.05, 0) is 55.3 Å². The molecule has 2 amide bonds. The Morgan fingerprint density at radius 1 is 1.00 bits per heavy atom. The lowest BCUT2D eigenvalue weighted by atomic mass is 10.1.